The highest BCUT2D eigenvalue weighted by Crippen LogP contribution is 2.39. The number of ether oxygens (including phenoxy) is 1. The van der Waals surface area contributed by atoms with Crippen molar-refractivity contribution in [2.24, 2.45) is 5.92 Å². The van der Waals surface area contributed by atoms with Crippen LogP contribution < -0.4 is 10.9 Å². The average molecular weight is 444 g/mol. The van der Waals surface area contributed by atoms with Gasteiger partial charge in [-0.1, -0.05) is 6.07 Å². The fraction of sp³-hybridized carbons (Fsp3) is 0.500. The van der Waals surface area contributed by atoms with Crippen molar-refractivity contribution in [2.45, 2.75) is 44.6 Å². The summed E-state index contributed by atoms with van der Waals surface area (Å²) in [6.45, 7) is 2.34. The van der Waals surface area contributed by atoms with E-state index >= 15 is 0 Å². The molecule has 6 nitrogen and oxygen atoms in total. The maximum absolute atomic E-state index is 12.5. The van der Waals surface area contributed by atoms with Crippen molar-refractivity contribution in [1.29, 1.82) is 0 Å². The van der Waals surface area contributed by atoms with Gasteiger partial charge in [0, 0.05) is 42.2 Å². The van der Waals surface area contributed by atoms with Crippen LogP contribution in [0.4, 0.5) is 5.00 Å². The van der Waals surface area contributed by atoms with E-state index in [1.165, 1.54) is 12.0 Å². The number of methoxy groups -OCH3 is 1. The molecule has 3 aliphatic rings. The number of fused-ring (bicyclic) bond motifs is 5. The van der Waals surface area contributed by atoms with E-state index in [1.54, 1.807) is 17.4 Å². The van der Waals surface area contributed by atoms with Crippen molar-refractivity contribution in [2.75, 3.05) is 25.5 Å². The first kappa shape index (κ1) is 19.8. The van der Waals surface area contributed by atoms with Crippen molar-refractivity contribution < 1.29 is 9.53 Å². The number of aryl methyl sites for hydroxylation is 1. The van der Waals surface area contributed by atoms with Crippen LogP contribution in [0.1, 0.15) is 51.7 Å². The zero-order valence-electron chi connectivity index (χ0n) is 17.0. The number of likely N-dealkylation sites (tertiary alicyclic amines) is 1. The number of aromatic nitrogens is 1. The van der Waals surface area contributed by atoms with Gasteiger partial charge in [0.15, 0.2) is 5.11 Å². The number of hydrogen-bond acceptors (Lipinski definition) is 5. The second kappa shape index (κ2) is 7.81. The lowest BCUT2D eigenvalue weighted by Gasteiger charge is -2.43. The van der Waals surface area contributed by atoms with E-state index < -0.39 is 0 Å². The number of esters is 1. The Balaban J connectivity index is 1.39. The van der Waals surface area contributed by atoms with Crippen LogP contribution in [0.25, 0.3) is 0 Å². The minimum absolute atomic E-state index is 0.0863. The predicted octanol–water partition coefficient (Wildman–Crippen LogP) is 3.39. The van der Waals surface area contributed by atoms with Gasteiger partial charge in [-0.3, -0.25) is 4.79 Å². The van der Waals surface area contributed by atoms with E-state index in [1.807, 2.05) is 10.6 Å². The highest BCUT2D eigenvalue weighted by molar-refractivity contribution is 7.80. The highest BCUT2D eigenvalue weighted by atomic mass is 32.1. The number of carbonyl (C=O) groups is 1. The zero-order chi connectivity index (χ0) is 20.8. The average Bonchev–Trinajstić information content (AvgIpc) is 3.11. The molecule has 8 heteroatoms. The molecule has 0 saturated carbocycles. The van der Waals surface area contributed by atoms with Gasteiger partial charge in [0.2, 0.25) is 0 Å². The van der Waals surface area contributed by atoms with Crippen LogP contribution in [0.3, 0.4) is 0 Å². The lowest BCUT2D eigenvalue weighted by atomic mass is 9.83. The van der Waals surface area contributed by atoms with Crippen LogP contribution in [0, 0.1) is 5.92 Å². The first-order valence-corrected chi connectivity index (χ1v) is 11.8. The normalized spacial score (nSPS) is 22.1. The van der Waals surface area contributed by atoms with Crippen molar-refractivity contribution in [3.63, 3.8) is 0 Å². The Morgan fingerprint density at radius 1 is 1.23 bits per heavy atom. The number of nitrogens with zero attached hydrogens (tertiary/aromatic N) is 2. The van der Waals surface area contributed by atoms with Crippen LogP contribution in [-0.4, -0.2) is 40.7 Å². The number of carbonyl (C=O) groups excluding carboxylic acids is 1. The summed E-state index contributed by atoms with van der Waals surface area (Å²) in [5, 5.41) is 4.85. The monoisotopic (exact) mass is 443 g/mol. The molecule has 1 N–H and O–H groups in total. The summed E-state index contributed by atoms with van der Waals surface area (Å²) in [5.41, 5.74) is 2.98. The second-order valence-corrected chi connectivity index (χ2v) is 9.93. The molecule has 2 aromatic rings. The third kappa shape index (κ3) is 3.36. The van der Waals surface area contributed by atoms with E-state index in [4.69, 9.17) is 17.0 Å². The Hall–Kier alpha value is -2.19. The van der Waals surface area contributed by atoms with Crippen LogP contribution in [-0.2, 0) is 24.1 Å². The van der Waals surface area contributed by atoms with Gasteiger partial charge in [-0.25, -0.2) is 4.79 Å². The first-order valence-electron chi connectivity index (χ1n) is 10.5. The zero-order valence-corrected chi connectivity index (χ0v) is 18.6. The molecule has 0 radical (unpaired) electrons. The molecule has 0 spiro atoms. The molecule has 158 valence electrons. The summed E-state index contributed by atoms with van der Waals surface area (Å²) in [6.07, 6.45) is 5.28. The van der Waals surface area contributed by atoms with Gasteiger partial charge in [-0.2, -0.15) is 0 Å². The number of anilines is 1. The van der Waals surface area contributed by atoms with Crippen molar-refractivity contribution in [3.05, 3.63) is 50.3 Å². The van der Waals surface area contributed by atoms with Crippen LogP contribution >= 0.6 is 23.6 Å². The fourth-order valence-electron chi connectivity index (χ4n) is 5.21. The van der Waals surface area contributed by atoms with Crippen molar-refractivity contribution in [3.8, 4) is 0 Å². The van der Waals surface area contributed by atoms with Gasteiger partial charge in [0.25, 0.3) is 5.56 Å². The second-order valence-electron chi connectivity index (χ2n) is 8.44. The van der Waals surface area contributed by atoms with Gasteiger partial charge in [0.1, 0.15) is 5.00 Å². The summed E-state index contributed by atoms with van der Waals surface area (Å²) in [5.74, 6) is 0.402. The predicted molar refractivity (Wildman–Crippen MR) is 122 cm³/mol. The number of pyridine rings is 1. The van der Waals surface area contributed by atoms with E-state index in [9.17, 15) is 9.59 Å². The Kier molecular flexibility index (Phi) is 5.14. The van der Waals surface area contributed by atoms with Crippen LogP contribution in [0.15, 0.2) is 23.0 Å². The van der Waals surface area contributed by atoms with Gasteiger partial charge in [0.05, 0.1) is 12.7 Å². The molecule has 1 fully saturated rings. The molecule has 1 aliphatic carbocycles. The minimum atomic E-state index is -0.288. The molecule has 4 heterocycles. The number of thiophene rings is 1. The number of thiocarbonyl (C=S) groups is 1. The van der Waals surface area contributed by atoms with Gasteiger partial charge < -0.3 is 19.5 Å². The Morgan fingerprint density at radius 2 is 2.07 bits per heavy atom. The first-order chi connectivity index (χ1) is 14.5. The van der Waals surface area contributed by atoms with E-state index in [0.29, 0.717) is 22.5 Å². The SMILES string of the molecule is COC(=O)c1c(NC(=S)N2C[C@@H]3C[C@H](C2)c2cccc(=O)n2C3)sc2c1CCCC2. The summed E-state index contributed by atoms with van der Waals surface area (Å²) < 4.78 is 7.00. The van der Waals surface area contributed by atoms with Crippen LogP contribution in [0.2, 0.25) is 0 Å². The summed E-state index contributed by atoms with van der Waals surface area (Å²) in [7, 11) is 1.43. The molecular weight excluding hydrogens is 418 g/mol. The molecule has 5 rings (SSSR count). The van der Waals surface area contributed by atoms with Crippen molar-refractivity contribution in [1.82, 2.24) is 9.47 Å². The molecule has 1 saturated heterocycles. The summed E-state index contributed by atoms with van der Waals surface area (Å²) >= 11 is 7.42. The van der Waals surface area contributed by atoms with E-state index in [2.05, 4.69) is 16.3 Å². The Morgan fingerprint density at radius 3 is 2.90 bits per heavy atom. The molecule has 2 aliphatic heterocycles. The molecule has 2 aromatic heterocycles. The van der Waals surface area contributed by atoms with E-state index in [-0.39, 0.29) is 11.5 Å². The highest BCUT2D eigenvalue weighted by Gasteiger charge is 2.36. The lowest BCUT2D eigenvalue weighted by molar-refractivity contribution is 0.0601. The lowest BCUT2D eigenvalue weighted by Crippen LogP contribution is -2.50. The van der Waals surface area contributed by atoms with Gasteiger partial charge >= 0.3 is 5.97 Å². The fourth-order valence-corrected chi connectivity index (χ4v) is 6.80. The van der Waals surface area contributed by atoms with Gasteiger partial charge in [-0.15, -0.1) is 11.3 Å². The third-order valence-electron chi connectivity index (χ3n) is 6.55. The molecular formula is C22H25N3O3S2. The van der Waals surface area contributed by atoms with Gasteiger partial charge in [-0.05, 0) is 61.9 Å². The van der Waals surface area contributed by atoms with E-state index in [0.717, 1.165) is 68.0 Å². The summed E-state index contributed by atoms with van der Waals surface area (Å²) in [6, 6.07) is 5.55. The minimum Gasteiger partial charge on any atom is -0.465 e. The molecule has 2 bridgehead atoms. The number of rotatable bonds is 2. The number of nitrogens with one attached hydrogen (secondary N) is 1. The Labute approximate surface area is 184 Å². The topological polar surface area (TPSA) is 63.6 Å². The number of hydrogen-bond donors (Lipinski definition) is 1. The van der Waals surface area contributed by atoms with Crippen molar-refractivity contribution >= 4 is 39.6 Å². The Bertz CT molecular complexity index is 1070. The maximum atomic E-state index is 12.5. The molecule has 0 amide bonds. The quantitative estimate of drug-likeness (QED) is 0.567. The third-order valence-corrected chi connectivity index (χ3v) is 8.12. The van der Waals surface area contributed by atoms with Crippen LogP contribution in [0.5, 0.6) is 0 Å². The largest absolute Gasteiger partial charge is 0.465 e. The number of piperidine rings is 1. The summed E-state index contributed by atoms with van der Waals surface area (Å²) in [4.78, 5) is 28.2. The maximum Gasteiger partial charge on any atom is 0.341 e. The molecule has 0 unspecified atom stereocenters. The molecule has 2 atom stereocenters. The molecule has 30 heavy (non-hydrogen) atoms. The smallest absolute Gasteiger partial charge is 0.341 e. The molecule has 0 aromatic carbocycles. The standard InChI is InChI=1S/C22H25N3O3S2/c1-28-21(27)19-15-5-2-3-7-17(15)30-20(19)23-22(29)24-10-13-9-14(12-24)16-6-4-8-18(26)25(16)11-13/h4,6,8,13-14H,2-3,5,7,9-12H2,1H3,(H,23,29)/t13-,14+/m0/s1.